The van der Waals surface area contributed by atoms with E-state index in [1.807, 2.05) is 73.7 Å². The highest BCUT2D eigenvalue weighted by atomic mass is 32.1. The van der Waals surface area contributed by atoms with Crippen LogP contribution in [0.1, 0.15) is 35.5 Å². The van der Waals surface area contributed by atoms with E-state index in [-0.39, 0.29) is 12.3 Å². The lowest BCUT2D eigenvalue weighted by Gasteiger charge is -2.37. The number of methoxy groups -OCH3 is 1. The summed E-state index contributed by atoms with van der Waals surface area (Å²) in [5.74, 6) is -0.963. The number of amides is 1. The maximum Gasteiger partial charge on any atom is 0.343 e. The predicted molar refractivity (Wildman–Crippen MR) is 215 cm³/mol. The number of nitrogens with one attached hydrogen (secondary N) is 5. The molecule has 2 bridgehead atoms. The zero-order chi connectivity index (χ0) is 37.6. The molecule has 0 saturated carbocycles. The van der Waals surface area contributed by atoms with Crippen LogP contribution in [-0.2, 0) is 26.5 Å². The molecular formula is C37H43N9O5S2. The van der Waals surface area contributed by atoms with Gasteiger partial charge in [0, 0.05) is 72.1 Å². The van der Waals surface area contributed by atoms with Crippen LogP contribution in [0.4, 0.5) is 11.4 Å². The quantitative estimate of drug-likeness (QED) is 0.0966. The molecule has 5 aromatic rings. The van der Waals surface area contributed by atoms with Gasteiger partial charge in [-0.1, -0.05) is 0 Å². The number of thiocarbonyl (C=S) groups is 2. The molecule has 2 aromatic heterocycles. The number of ether oxygens (including phenoxy) is 2. The average Bonchev–Trinajstić information content (AvgIpc) is 3.80. The second kappa shape index (κ2) is 12.8. The summed E-state index contributed by atoms with van der Waals surface area (Å²) in [6.45, 7) is 5.01. The molecule has 16 heteroatoms. The lowest BCUT2D eigenvalue weighted by atomic mass is 9.88. The van der Waals surface area contributed by atoms with Crippen molar-refractivity contribution in [3.8, 4) is 0 Å². The van der Waals surface area contributed by atoms with Crippen molar-refractivity contribution in [1.29, 1.82) is 0 Å². The summed E-state index contributed by atoms with van der Waals surface area (Å²) >= 11 is 11.2. The van der Waals surface area contributed by atoms with E-state index >= 15 is 0 Å². The molecule has 6 N–H and O–H groups in total. The topological polar surface area (TPSA) is 149 Å². The third kappa shape index (κ3) is 5.33. The number of nitrogens with zero attached hydrogens (tertiary/aromatic N) is 4. The van der Waals surface area contributed by atoms with Gasteiger partial charge in [-0.3, -0.25) is 4.79 Å². The van der Waals surface area contributed by atoms with Crippen molar-refractivity contribution in [2.75, 3.05) is 72.1 Å². The van der Waals surface area contributed by atoms with Crippen molar-refractivity contribution in [3.63, 3.8) is 0 Å². The summed E-state index contributed by atoms with van der Waals surface area (Å²) < 4.78 is 16.1. The highest BCUT2D eigenvalue weighted by Gasteiger charge is 2.65. The van der Waals surface area contributed by atoms with Crippen LogP contribution in [0.2, 0.25) is 0 Å². The number of fused-ring (bicyclic) bond motifs is 13. The number of aliphatic hydroxyl groups is 1. The fourth-order valence-electron chi connectivity index (χ4n) is 8.29. The molecule has 278 valence electrons. The maximum atomic E-state index is 13.9. The highest BCUT2D eigenvalue weighted by molar-refractivity contribution is 7.80. The van der Waals surface area contributed by atoms with Gasteiger partial charge >= 0.3 is 5.97 Å². The summed E-state index contributed by atoms with van der Waals surface area (Å²) in [5, 5.41) is 32.8. The molecule has 5 heterocycles. The van der Waals surface area contributed by atoms with Gasteiger partial charge in [0.2, 0.25) is 5.60 Å². The molecule has 0 aliphatic carbocycles. The number of likely N-dealkylation sites (N-methyl/N-ethyl adjacent to an activating group) is 2. The van der Waals surface area contributed by atoms with Crippen LogP contribution >= 0.6 is 24.4 Å². The van der Waals surface area contributed by atoms with Crippen LogP contribution < -0.4 is 26.6 Å². The van der Waals surface area contributed by atoms with Gasteiger partial charge in [0.1, 0.15) is 6.23 Å². The van der Waals surface area contributed by atoms with Crippen molar-refractivity contribution in [3.05, 3.63) is 47.5 Å². The van der Waals surface area contributed by atoms with E-state index in [2.05, 4.69) is 36.4 Å². The lowest BCUT2D eigenvalue weighted by molar-refractivity contribution is -0.202. The smallest absolute Gasteiger partial charge is 0.343 e. The van der Waals surface area contributed by atoms with Crippen LogP contribution in [0.3, 0.4) is 0 Å². The van der Waals surface area contributed by atoms with E-state index in [1.54, 1.807) is 6.92 Å². The SMILES string of the molecule is COC(=O)C1(O)CC2OC1(C)n1c3ccc(NC(=S)NCCN(C)C)cc3c3c4c(c5c6cc(NC(=S)NCCN(C)C)ccc6n2c5c31)C(=O)NC4. The molecule has 3 aliphatic heterocycles. The number of hydrogen-bond donors (Lipinski definition) is 6. The number of benzene rings is 3. The first kappa shape index (κ1) is 35.4. The third-order valence-electron chi connectivity index (χ3n) is 10.7. The number of esters is 1. The minimum atomic E-state index is -2.06. The van der Waals surface area contributed by atoms with Crippen molar-refractivity contribution in [2.24, 2.45) is 0 Å². The van der Waals surface area contributed by atoms with Gasteiger partial charge in [-0.25, -0.2) is 4.79 Å². The molecule has 14 nitrogen and oxygen atoms in total. The van der Waals surface area contributed by atoms with Gasteiger partial charge < -0.3 is 60.1 Å². The fraction of sp³-hybridized carbons (Fsp3) is 0.405. The Morgan fingerprint density at radius 1 is 0.962 bits per heavy atom. The Morgan fingerprint density at radius 3 is 2.13 bits per heavy atom. The zero-order valence-electron chi connectivity index (χ0n) is 30.5. The lowest BCUT2D eigenvalue weighted by Crippen LogP contribution is -2.56. The van der Waals surface area contributed by atoms with E-state index in [0.717, 1.165) is 68.1 Å². The second-order valence-corrected chi connectivity index (χ2v) is 15.4. The Bertz CT molecular complexity index is 2400. The van der Waals surface area contributed by atoms with E-state index in [1.165, 1.54) is 7.11 Å². The van der Waals surface area contributed by atoms with Gasteiger partial charge in [0.15, 0.2) is 15.9 Å². The Kier molecular flexibility index (Phi) is 8.55. The molecule has 3 atom stereocenters. The predicted octanol–water partition coefficient (Wildman–Crippen LogP) is 3.35. The largest absolute Gasteiger partial charge is 0.467 e. The maximum absolute atomic E-state index is 13.9. The number of carbonyl (C=O) groups is 2. The molecule has 0 radical (unpaired) electrons. The van der Waals surface area contributed by atoms with Crippen LogP contribution in [0.25, 0.3) is 43.6 Å². The molecule has 1 fully saturated rings. The van der Waals surface area contributed by atoms with Crippen LogP contribution in [0.5, 0.6) is 0 Å². The first-order valence-electron chi connectivity index (χ1n) is 17.5. The normalized spacial score (nSPS) is 21.5. The first-order valence-corrected chi connectivity index (χ1v) is 18.4. The third-order valence-corrected chi connectivity index (χ3v) is 11.2. The zero-order valence-corrected chi connectivity index (χ0v) is 32.1. The summed E-state index contributed by atoms with van der Waals surface area (Å²) in [6, 6.07) is 11.7. The fourth-order valence-corrected chi connectivity index (χ4v) is 8.73. The van der Waals surface area contributed by atoms with Crippen molar-refractivity contribution >= 4 is 102 Å². The number of anilines is 2. The molecule has 3 unspecified atom stereocenters. The van der Waals surface area contributed by atoms with Crippen molar-refractivity contribution in [2.45, 2.75) is 37.4 Å². The molecule has 3 aromatic carbocycles. The molecule has 1 amide bonds. The summed E-state index contributed by atoms with van der Waals surface area (Å²) in [6.07, 6.45) is -0.852. The molecule has 3 aliphatic rings. The molecule has 1 saturated heterocycles. The molecule has 8 rings (SSSR count). The Morgan fingerprint density at radius 2 is 1.55 bits per heavy atom. The standard InChI is InChI=1S/C37H43N9O5S2/c1-36-37(49,33(48)50-6)17-26(51-36)45-24-9-7-19(41-34(52)38-11-13-43(2)3)15-21(24)28-29-23(18-40-32(29)47)27-22-16-20(42-35(53)39-12-14-44(4)5)8-10-25(22)46(36)31(27)30(28)45/h7-10,15-16,26,49H,11-14,17-18H2,1-6H3,(H,40,47)(H2,38,41,52)(H2,39,42,53). The summed E-state index contributed by atoms with van der Waals surface area (Å²) in [4.78, 5) is 31.7. The second-order valence-electron chi connectivity index (χ2n) is 14.6. The number of carbonyl (C=O) groups excluding carboxylic acids is 2. The van der Waals surface area contributed by atoms with Crippen LogP contribution in [0.15, 0.2) is 36.4 Å². The van der Waals surface area contributed by atoms with Crippen molar-refractivity contribution < 1.29 is 24.2 Å². The first-order chi connectivity index (χ1) is 25.3. The number of hydrogen-bond acceptors (Lipinski definition) is 9. The Hall–Kier alpha value is -4.58. The van der Waals surface area contributed by atoms with E-state index < -0.39 is 23.5 Å². The minimum Gasteiger partial charge on any atom is -0.467 e. The minimum absolute atomic E-state index is 0.0780. The average molecular weight is 758 g/mol. The van der Waals surface area contributed by atoms with Gasteiger partial charge in [-0.2, -0.15) is 0 Å². The van der Waals surface area contributed by atoms with E-state index in [4.69, 9.17) is 33.9 Å². The van der Waals surface area contributed by atoms with Gasteiger partial charge in [-0.05, 0) is 102 Å². The van der Waals surface area contributed by atoms with Crippen LogP contribution in [0, 0.1) is 0 Å². The summed E-state index contributed by atoms with van der Waals surface area (Å²) in [7, 11) is 9.27. The van der Waals surface area contributed by atoms with E-state index in [9.17, 15) is 14.7 Å². The molecule has 0 spiro atoms. The monoisotopic (exact) mass is 757 g/mol. The molecular weight excluding hydrogens is 715 g/mol. The highest BCUT2D eigenvalue weighted by Crippen LogP contribution is 2.58. The van der Waals surface area contributed by atoms with Gasteiger partial charge in [0.25, 0.3) is 5.91 Å². The van der Waals surface area contributed by atoms with Crippen molar-refractivity contribution in [1.82, 2.24) is 34.9 Å². The number of rotatable bonds is 9. The van der Waals surface area contributed by atoms with E-state index in [0.29, 0.717) is 40.9 Å². The van der Waals surface area contributed by atoms with Gasteiger partial charge in [-0.15, -0.1) is 0 Å². The Balaban J connectivity index is 1.39. The van der Waals surface area contributed by atoms with Crippen LogP contribution in [-0.4, -0.2) is 113 Å². The number of aromatic nitrogens is 2. The Labute approximate surface area is 316 Å². The molecule has 53 heavy (non-hydrogen) atoms. The summed E-state index contributed by atoms with van der Waals surface area (Å²) in [5.41, 5.74) is 2.28. The van der Waals surface area contributed by atoms with Gasteiger partial charge in [0.05, 0.1) is 34.7 Å².